The van der Waals surface area contributed by atoms with Gasteiger partial charge in [-0.25, -0.2) is 9.18 Å². The second-order valence-electron chi connectivity index (χ2n) is 3.98. The molecular formula is C14H9Cl2FO3. The van der Waals surface area contributed by atoms with Crippen molar-refractivity contribution in [3.05, 3.63) is 63.4 Å². The Hall–Kier alpha value is -1.78. The third kappa shape index (κ3) is 3.40. The summed E-state index contributed by atoms with van der Waals surface area (Å²) in [6.07, 6.45) is 0. The number of hydrogen-bond donors (Lipinski definition) is 1. The third-order valence-corrected chi connectivity index (χ3v) is 3.32. The van der Waals surface area contributed by atoms with Gasteiger partial charge in [0.1, 0.15) is 18.2 Å². The van der Waals surface area contributed by atoms with E-state index in [4.69, 9.17) is 33.0 Å². The monoisotopic (exact) mass is 314 g/mol. The topological polar surface area (TPSA) is 46.5 Å². The fourth-order valence-corrected chi connectivity index (χ4v) is 1.81. The quantitative estimate of drug-likeness (QED) is 0.909. The Kier molecular flexibility index (Phi) is 4.47. The number of carbonyl (C=O) groups is 1. The Morgan fingerprint density at radius 3 is 2.50 bits per heavy atom. The van der Waals surface area contributed by atoms with E-state index in [0.717, 1.165) is 6.07 Å². The molecule has 0 amide bonds. The standard InChI is InChI=1S/C14H9Cl2FO3/c15-11-4-3-10(6-12(11)16)20-7-9-2-1-8(14(18)19)5-13(9)17/h1-6H,7H2,(H,18,19). The molecule has 0 atom stereocenters. The number of hydrogen-bond acceptors (Lipinski definition) is 2. The van der Waals surface area contributed by atoms with Crippen LogP contribution in [0.3, 0.4) is 0 Å². The minimum atomic E-state index is -1.18. The average molecular weight is 315 g/mol. The molecule has 0 fully saturated rings. The Bertz CT molecular complexity index is 659. The highest BCUT2D eigenvalue weighted by molar-refractivity contribution is 6.42. The highest BCUT2D eigenvalue weighted by Gasteiger charge is 2.09. The number of benzene rings is 2. The zero-order valence-electron chi connectivity index (χ0n) is 10.1. The number of ether oxygens (including phenoxy) is 1. The van der Waals surface area contributed by atoms with Crippen molar-refractivity contribution >= 4 is 29.2 Å². The molecule has 3 nitrogen and oxygen atoms in total. The molecule has 0 aliphatic carbocycles. The molecule has 0 saturated carbocycles. The molecule has 104 valence electrons. The van der Waals surface area contributed by atoms with E-state index < -0.39 is 11.8 Å². The minimum absolute atomic E-state index is 0.0380. The first-order chi connectivity index (χ1) is 9.47. The van der Waals surface area contributed by atoms with Gasteiger partial charge in [-0.3, -0.25) is 0 Å². The first-order valence-electron chi connectivity index (χ1n) is 5.57. The molecule has 0 spiro atoms. The second-order valence-corrected chi connectivity index (χ2v) is 4.79. The summed E-state index contributed by atoms with van der Waals surface area (Å²) >= 11 is 11.6. The third-order valence-electron chi connectivity index (χ3n) is 2.59. The van der Waals surface area contributed by atoms with Crippen LogP contribution in [0.2, 0.25) is 10.0 Å². The van der Waals surface area contributed by atoms with Gasteiger partial charge >= 0.3 is 5.97 Å². The van der Waals surface area contributed by atoms with Gasteiger partial charge in [0.05, 0.1) is 15.6 Å². The van der Waals surface area contributed by atoms with Gasteiger partial charge in [0.25, 0.3) is 0 Å². The van der Waals surface area contributed by atoms with Crippen LogP contribution in [0.25, 0.3) is 0 Å². The Labute approximate surface area is 124 Å². The molecule has 0 bridgehead atoms. The van der Waals surface area contributed by atoms with E-state index in [-0.39, 0.29) is 17.7 Å². The molecule has 0 unspecified atom stereocenters. The molecule has 20 heavy (non-hydrogen) atoms. The van der Waals surface area contributed by atoms with Crippen LogP contribution in [0.1, 0.15) is 15.9 Å². The lowest BCUT2D eigenvalue weighted by molar-refractivity contribution is 0.0696. The van der Waals surface area contributed by atoms with Crippen LogP contribution in [-0.4, -0.2) is 11.1 Å². The molecule has 0 aliphatic heterocycles. The zero-order valence-corrected chi connectivity index (χ0v) is 11.6. The van der Waals surface area contributed by atoms with Gasteiger partial charge in [-0.15, -0.1) is 0 Å². The van der Waals surface area contributed by atoms with Gasteiger partial charge in [-0.05, 0) is 24.3 Å². The summed E-state index contributed by atoms with van der Waals surface area (Å²) in [5.41, 5.74) is 0.141. The number of carboxylic acids is 1. The molecule has 0 aliphatic rings. The summed E-state index contributed by atoms with van der Waals surface area (Å²) < 4.78 is 19.0. The summed E-state index contributed by atoms with van der Waals surface area (Å²) in [6, 6.07) is 8.35. The van der Waals surface area contributed by atoms with Crippen molar-refractivity contribution in [1.82, 2.24) is 0 Å². The van der Waals surface area contributed by atoms with Gasteiger partial charge in [-0.1, -0.05) is 29.3 Å². The van der Waals surface area contributed by atoms with Gasteiger partial charge in [0.2, 0.25) is 0 Å². The van der Waals surface area contributed by atoms with Crippen LogP contribution in [-0.2, 0) is 6.61 Å². The molecule has 0 saturated heterocycles. The predicted octanol–water partition coefficient (Wildman–Crippen LogP) is 4.41. The molecule has 6 heteroatoms. The van der Waals surface area contributed by atoms with Crippen molar-refractivity contribution in [2.75, 3.05) is 0 Å². The first-order valence-corrected chi connectivity index (χ1v) is 6.32. The largest absolute Gasteiger partial charge is 0.489 e. The molecule has 1 N–H and O–H groups in total. The van der Waals surface area contributed by atoms with Crippen molar-refractivity contribution in [2.45, 2.75) is 6.61 Å². The van der Waals surface area contributed by atoms with Gasteiger partial charge < -0.3 is 9.84 Å². The summed E-state index contributed by atoms with van der Waals surface area (Å²) in [4.78, 5) is 10.7. The Morgan fingerprint density at radius 2 is 1.90 bits per heavy atom. The van der Waals surface area contributed by atoms with E-state index >= 15 is 0 Å². The molecular weight excluding hydrogens is 306 g/mol. The van der Waals surface area contributed by atoms with Crippen molar-refractivity contribution in [3.63, 3.8) is 0 Å². The first kappa shape index (κ1) is 14.6. The van der Waals surface area contributed by atoms with E-state index in [1.807, 2.05) is 0 Å². The lowest BCUT2D eigenvalue weighted by Gasteiger charge is -2.08. The van der Waals surface area contributed by atoms with Crippen LogP contribution in [0.15, 0.2) is 36.4 Å². The highest BCUT2D eigenvalue weighted by atomic mass is 35.5. The van der Waals surface area contributed by atoms with Crippen LogP contribution < -0.4 is 4.74 Å². The van der Waals surface area contributed by atoms with E-state index in [2.05, 4.69) is 0 Å². The van der Waals surface area contributed by atoms with E-state index in [1.54, 1.807) is 12.1 Å². The van der Waals surface area contributed by atoms with E-state index in [1.165, 1.54) is 18.2 Å². The summed E-state index contributed by atoms with van der Waals surface area (Å²) in [7, 11) is 0. The highest BCUT2D eigenvalue weighted by Crippen LogP contribution is 2.27. The summed E-state index contributed by atoms with van der Waals surface area (Å²) in [5, 5.41) is 9.48. The van der Waals surface area contributed by atoms with Crippen LogP contribution in [0, 0.1) is 5.82 Å². The van der Waals surface area contributed by atoms with Crippen LogP contribution >= 0.6 is 23.2 Å². The van der Waals surface area contributed by atoms with Gasteiger partial charge in [0, 0.05) is 11.6 Å². The van der Waals surface area contributed by atoms with Gasteiger partial charge in [0.15, 0.2) is 0 Å². The number of rotatable bonds is 4. The summed E-state index contributed by atoms with van der Waals surface area (Å²) in [6.45, 7) is -0.0380. The minimum Gasteiger partial charge on any atom is -0.489 e. The lowest BCUT2D eigenvalue weighted by atomic mass is 10.1. The Balaban J connectivity index is 2.10. The molecule has 2 aromatic rings. The number of carboxylic acid groups (broad SMARTS) is 1. The van der Waals surface area contributed by atoms with E-state index in [0.29, 0.717) is 15.8 Å². The molecule has 0 heterocycles. The van der Waals surface area contributed by atoms with Crippen LogP contribution in [0.5, 0.6) is 5.75 Å². The van der Waals surface area contributed by atoms with Crippen molar-refractivity contribution < 1.29 is 19.0 Å². The predicted molar refractivity (Wildman–Crippen MR) is 74.2 cm³/mol. The smallest absolute Gasteiger partial charge is 0.335 e. The van der Waals surface area contributed by atoms with Crippen molar-refractivity contribution in [1.29, 1.82) is 0 Å². The normalized spacial score (nSPS) is 10.3. The lowest BCUT2D eigenvalue weighted by Crippen LogP contribution is -2.02. The second kappa shape index (κ2) is 6.11. The maximum atomic E-state index is 13.7. The molecule has 0 radical (unpaired) electrons. The van der Waals surface area contributed by atoms with E-state index in [9.17, 15) is 9.18 Å². The molecule has 0 aromatic heterocycles. The average Bonchev–Trinajstić information content (AvgIpc) is 2.41. The summed E-state index contributed by atoms with van der Waals surface area (Å²) in [5.74, 6) is -1.37. The Morgan fingerprint density at radius 1 is 1.15 bits per heavy atom. The maximum absolute atomic E-state index is 13.7. The van der Waals surface area contributed by atoms with Crippen LogP contribution in [0.4, 0.5) is 4.39 Å². The fraction of sp³-hybridized carbons (Fsp3) is 0.0714. The maximum Gasteiger partial charge on any atom is 0.335 e. The molecule has 2 aromatic carbocycles. The fourth-order valence-electron chi connectivity index (χ4n) is 1.53. The van der Waals surface area contributed by atoms with Crippen molar-refractivity contribution in [2.24, 2.45) is 0 Å². The number of aromatic carboxylic acids is 1. The molecule has 2 rings (SSSR count). The zero-order chi connectivity index (χ0) is 14.7. The van der Waals surface area contributed by atoms with Gasteiger partial charge in [-0.2, -0.15) is 0 Å². The number of halogens is 3. The SMILES string of the molecule is O=C(O)c1ccc(COc2ccc(Cl)c(Cl)c2)c(F)c1. The van der Waals surface area contributed by atoms with Crippen molar-refractivity contribution in [3.8, 4) is 5.75 Å².